The molecule has 2 aromatic rings. The van der Waals surface area contributed by atoms with Crippen molar-refractivity contribution in [1.29, 1.82) is 0 Å². The van der Waals surface area contributed by atoms with Gasteiger partial charge in [-0.15, -0.1) is 0 Å². The van der Waals surface area contributed by atoms with Gasteiger partial charge in [0.05, 0.1) is 18.5 Å². The quantitative estimate of drug-likeness (QED) is 0.817. The number of sulfonamides is 1. The molecule has 0 saturated carbocycles. The van der Waals surface area contributed by atoms with E-state index in [1.54, 1.807) is 0 Å². The summed E-state index contributed by atoms with van der Waals surface area (Å²) >= 11 is 3.39. The van der Waals surface area contributed by atoms with Crippen LogP contribution >= 0.6 is 15.9 Å². The van der Waals surface area contributed by atoms with Gasteiger partial charge in [0.25, 0.3) is 0 Å². The molecule has 3 nitrogen and oxygen atoms in total. The maximum Gasteiger partial charge on any atom is 0.232 e. The monoisotopic (exact) mass is 367 g/mol. The molecular weight excluding hydrogens is 350 g/mol. The Bertz CT molecular complexity index is 739. The van der Waals surface area contributed by atoms with Crippen molar-refractivity contribution < 1.29 is 8.42 Å². The molecule has 21 heavy (non-hydrogen) atoms. The molecule has 0 N–H and O–H groups in total. The zero-order chi connectivity index (χ0) is 15.6. The number of halogens is 1. The summed E-state index contributed by atoms with van der Waals surface area (Å²) in [6.07, 6.45) is 1.24. The minimum atomic E-state index is -3.34. The third kappa shape index (κ3) is 3.86. The fourth-order valence-corrected chi connectivity index (χ4v) is 3.35. The van der Waals surface area contributed by atoms with Crippen LogP contribution in [0.1, 0.15) is 16.7 Å². The van der Waals surface area contributed by atoms with Crippen LogP contribution in [0.25, 0.3) is 0 Å². The predicted octanol–water partition coefficient (Wildman–Crippen LogP) is 4.03. The minimum absolute atomic E-state index is 0.330. The zero-order valence-electron chi connectivity index (χ0n) is 12.3. The predicted molar refractivity (Wildman–Crippen MR) is 91.1 cm³/mol. The molecule has 0 aliphatic heterocycles. The highest BCUT2D eigenvalue weighted by Crippen LogP contribution is 2.27. The van der Waals surface area contributed by atoms with Gasteiger partial charge in [-0.05, 0) is 48.7 Å². The summed E-state index contributed by atoms with van der Waals surface area (Å²) in [6.45, 7) is 4.26. The van der Waals surface area contributed by atoms with Gasteiger partial charge in [-0.25, -0.2) is 8.42 Å². The van der Waals surface area contributed by atoms with E-state index in [1.807, 2.05) is 56.3 Å². The summed E-state index contributed by atoms with van der Waals surface area (Å²) in [4.78, 5) is 0. The lowest BCUT2D eigenvalue weighted by Gasteiger charge is -2.25. The Morgan fingerprint density at radius 2 is 1.67 bits per heavy atom. The number of benzene rings is 2. The minimum Gasteiger partial charge on any atom is -0.266 e. The van der Waals surface area contributed by atoms with Gasteiger partial charge in [0.2, 0.25) is 10.0 Å². The molecular formula is C16H18BrNO2S. The van der Waals surface area contributed by atoms with Gasteiger partial charge in [0.15, 0.2) is 0 Å². The topological polar surface area (TPSA) is 37.4 Å². The Morgan fingerprint density at radius 3 is 2.24 bits per heavy atom. The first-order valence-corrected chi connectivity index (χ1v) is 9.21. The van der Waals surface area contributed by atoms with Crippen LogP contribution in [0.4, 0.5) is 5.69 Å². The lowest BCUT2D eigenvalue weighted by Crippen LogP contribution is -2.30. The molecule has 0 aliphatic carbocycles. The standard InChI is InChI=1S/C16H18BrNO2S/c1-12-5-4-6-16(13(12)2)18(21(3,19)20)11-14-7-9-15(17)10-8-14/h4-10H,11H2,1-3H3. The van der Waals surface area contributed by atoms with Gasteiger partial charge >= 0.3 is 0 Å². The maximum absolute atomic E-state index is 12.2. The highest BCUT2D eigenvalue weighted by Gasteiger charge is 2.20. The lowest BCUT2D eigenvalue weighted by atomic mass is 10.1. The normalized spacial score (nSPS) is 11.4. The van der Waals surface area contributed by atoms with Crippen molar-refractivity contribution in [2.24, 2.45) is 0 Å². The smallest absolute Gasteiger partial charge is 0.232 e. The fourth-order valence-electron chi connectivity index (χ4n) is 2.14. The van der Waals surface area contributed by atoms with E-state index in [4.69, 9.17) is 0 Å². The van der Waals surface area contributed by atoms with Crippen LogP contribution in [-0.2, 0) is 16.6 Å². The van der Waals surface area contributed by atoms with Crippen molar-refractivity contribution in [2.75, 3.05) is 10.6 Å². The molecule has 0 atom stereocenters. The average Bonchev–Trinajstić information content (AvgIpc) is 2.40. The summed E-state index contributed by atoms with van der Waals surface area (Å²) < 4.78 is 26.8. The summed E-state index contributed by atoms with van der Waals surface area (Å²) in [5.41, 5.74) is 3.75. The van der Waals surface area contributed by atoms with Gasteiger partial charge in [0, 0.05) is 4.47 Å². The van der Waals surface area contributed by atoms with Crippen LogP contribution in [-0.4, -0.2) is 14.7 Å². The van der Waals surface area contributed by atoms with Crippen molar-refractivity contribution in [1.82, 2.24) is 0 Å². The van der Waals surface area contributed by atoms with Crippen LogP contribution in [0.5, 0.6) is 0 Å². The van der Waals surface area contributed by atoms with Crippen molar-refractivity contribution in [3.8, 4) is 0 Å². The van der Waals surface area contributed by atoms with Crippen molar-refractivity contribution in [2.45, 2.75) is 20.4 Å². The highest BCUT2D eigenvalue weighted by molar-refractivity contribution is 9.10. The summed E-state index contributed by atoms with van der Waals surface area (Å²) in [7, 11) is -3.34. The van der Waals surface area contributed by atoms with Crippen LogP contribution < -0.4 is 4.31 Å². The van der Waals surface area contributed by atoms with Crippen molar-refractivity contribution >= 4 is 31.6 Å². The first-order valence-electron chi connectivity index (χ1n) is 6.57. The Balaban J connectivity index is 2.45. The number of aryl methyl sites for hydroxylation is 1. The second-order valence-electron chi connectivity index (χ2n) is 5.12. The van der Waals surface area contributed by atoms with Gasteiger partial charge in [-0.1, -0.05) is 40.2 Å². The Kier molecular flexibility index (Phi) is 4.74. The molecule has 112 valence electrons. The van der Waals surface area contributed by atoms with E-state index in [9.17, 15) is 8.42 Å². The van der Waals surface area contributed by atoms with Crippen molar-refractivity contribution in [3.05, 3.63) is 63.6 Å². The van der Waals surface area contributed by atoms with E-state index in [1.165, 1.54) is 10.6 Å². The molecule has 0 radical (unpaired) electrons. The van der Waals surface area contributed by atoms with Crippen LogP contribution in [0.15, 0.2) is 46.9 Å². The van der Waals surface area contributed by atoms with E-state index in [2.05, 4.69) is 15.9 Å². The highest BCUT2D eigenvalue weighted by atomic mass is 79.9. The van der Waals surface area contributed by atoms with E-state index in [-0.39, 0.29) is 0 Å². The molecule has 0 aliphatic rings. The van der Waals surface area contributed by atoms with Crippen LogP contribution in [0.3, 0.4) is 0 Å². The molecule has 2 rings (SSSR count). The molecule has 0 bridgehead atoms. The third-order valence-electron chi connectivity index (χ3n) is 3.48. The van der Waals surface area contributed by atoms with E-state index >= 15 is 0 Å². The molecule has 0 unspecified atom stereocenters. The Hall–Kier alpha value is -1.33. The second-order valence-corrected chi connectivity index (χ2v) is 7.94. The van der Waals surface area contributed by atoms with E-state index < -0.39 is 10.0 Å². The third-order valence-corrected chi connectivity index (χ3v) is 5.14. The largest absolute Gasteiger partial charge is 0.266 e. The number of nitrogens with zero attached hydrogens (tertiary/aromatic N) is 1. The van der Waals surface area contributed by atoms with Gasteiger partial charge in [-0.2, -0.15) is 0 Å². The summed E-state index contributed by atoms with van der Waals surface area (Å²) in [5, 5.41) is 0. The molecule has 0 fully saturated rings. The zero-order valence-corrected chi connectivity index (χ0v) is 14.7. The van der Waals surface area contributed by atoms with Gasteiger partial charge in [0.1, 0.15) is 0 Å². The maximum atomic E-state index is 12.2. The number of hydrogen-bond acceptors (Lipinski definition) is 2. The fraction of sp³-hybridized carbons (Fsp3) is 0.250. The molecule has 5 heteroatoms. The number of hydrogen-bond donors (Lipinski definition) is 0. The van der Waals surface area contributed by atoms with Crippen LogP contribution in [0.2, 0.25) is 0 Å². The second kappa shape index (κ2) is 6.20. The van der Waals surface area contributed by atoms with Crippen molar-refractivity contribution in [3.63, 3.8) is 0 Å². The van der Waals surface area contributed by atoms with Gasteiger partial charge < -0.3 is 0 Å². The first kappa shape index (κ1) is 16.0. The Morgan fingerprint density at radius 1 is 1.05 bits per heavy atom. The van der Waals surface area contributed by atoms with E-state index in [0.717, 1.165) is 26.9 Å². The molecule has 0 spiro atoms. The van der Waals surface area contributed by atoms with Gasteiger partial charge in [-0.3, -0.25) is 4.31 Å². The number of rotatable bonds is 4. The molecule has 2 aromatic carbocycles. The molecule has 0 aromatic heterocycles. The SMILES string of the molecule is Cc1cccc(N(Cc2ccc(Br)cc2)S(C)(=O)=O)c1C. The first-order chi connectivity index (χ1) is 9.79. The number of anilines is 1. The average molecular weight is 368 g/mol. The van der Waals surface area contributed by atoms with E-state index in [0.29, 0.717) is 6.54 Å². The Labute approximate surface area is 134 Å². The summed E-state index contributed by atoms with van der Waals surface area (Å²) in [5.74, 6) is 0. The van der Waals surface area contributed by atoms with Crippen LogP contribution in [0, 0.1) is 13.8 Å². The lowest BCUT2D eigenvalue weighted by molar-refractivity contribution is 0.596. The molecule has 0 amide bonds. The molecule has 0 saturated heterocycles. The molecule has 0 heterocycles. The summed E-state index contributed by atoms with van der Waals surface area (Å²) in [6, 6.07) is 13.4.